The number of nitrogen functional groups attached to an aromatic ring is 1. The Morgan fingerprint density at radius 3 is 2.93 bits per heavy atom. The van der Waals surface area contributed by atoms with Crippen molar-refractivity contribution < 1.29 is 9.18 Å². The maximum absolute atomic E-state index is 14.6. The zero-order valence-electron chi connectivity index (χ0n) is 15.2. The Morgan fingerprint density at radius 2 is 2.19 bits per heavy atom. The predicted octanol–water partition coefficient (Wildman–Crippen LogP) is 4.02. The third-order valence-corrected chi connectivity index (χ3v) is 5.33. The third kappa shape index (κ3) is 3.03. The molecule has 1 fully saturated rings. The van der Waals surface area contributed by atoms with Crippen molar-refractivity contribution in [3.63, 3.8) is 0 Å². The molecule has 2 heterocycles. The summed E-state index contributed by atoms with van der Waals surface area (Å²) in [6, 6.07) is 6.10. The molecule has 0 saturated heterocycles. The first-order chi connectivity index (χ1) is 13.0. The maximum Gasteiger partial charge on any atom is 0.329 e. The standard InChI is InChI=1S/C20H22FN5O/c1-12-4-2-7-16(21)19(12)25-11-13-10-24-18(23)9-17(13)26(20(25)27)15-6-3-5-14(22)8-15/h2,4,7,9-10,15,22H,3,5-6,8,11H2,1H3,(H2,23,24)/t15-/m0/s1. The monoisotopic (exact) mass is 367 g/mol. The van der Waals surface area contributed by atoms with Crippen molar-refractivity contribution in [3.05, 3.63) is 47.4 Å². The molecule has 7 heteroatoms. The highest BCUT2D eigenvalue weighted by Crippen LogP contribution is 2.38. The van der Waals surface area contributed by atoms with Crippen molar-refractivity contribution >= 4 is 28.9 Å². The van der Waals surface area contributed by atoms with E-state index in [4.69, 9.17) is 11.1 Å². The summed E-state index contributed by atoms with van der Waals surface area (Å²) in [6.45, 7) is 2.03. The van der Waals surface area contributed by atoms with Crippen molar-refractivity contribution in [2.24, 2.45) is 0 Å². The molecule has 4 rings (SSSR count). The Hall–Kier alpha value is -2.96. The molecule has 1 aromatic heterocycles. The summed E-state index contributed by atoms with van der Waals surface area (Å²) in [5, 5.41) is 8.06. The molecule has 2 aliphatic rings. The Labute approximate surface area is 157 Å². The highest BCUT2D eigenvalue weighted by Gasteiger charge is 2.38. The van der Waals surface area contributed by atoms with Crippen LogP contribution < -0.4 is 15.5 Å². The molecule has 1 aliphatic carbocycles. The zero-order chi connectivity index (χ0) is 19.1. The predicted molar refractivity (Wildman–Crippen MR) is 104 cm³/mol. The van der Waals surface area contributed by atoms with Crippen molar-refractivity contribution in [2.75, 3.05) is 15.5 Å². The molecule has 1 saturated carbocycles. The van der Waals surface area contributed by atoms with E-state index in [0.717, 1.165) is 30.5 Å². The highest BCUT2D eigenvalue weighted by molar-refractivity contribution is 6.07. The van der Waals surface area contributed by atoms with Gasteiger partial charge in [-0.2, -0.15) is 0 Å². The molecule has 2 aromatic rings. The number of halogens is 1. The smallest absolute Gasteiger partial charge is 0.329 e. The minimum absolute atomic E-state index is 0.130. The number of rotatable bonds is 2. The average Bonchev–Trinajstić information content (AvgIpc) is 2.62. The SMILES string of the molecule is Cc1cccc(F)c1N1Cc2cnc(N)cc2N([C@H]2CCCC(=N)C2)C1=O. The van der Waals surface area contributed by atoms with Crippen LogP contribution in [0.4, 0.5) is 26.4 Å². The van der Waals surface area contributed by atoms with Gasteiger partial charge < -0.3 is 11.1 Å². The number of aromatic nitrogens is 1. The number of urea groups is 1. The van der Waals surface area contributed by atoms with E-state index < -0.39 is 5.82 Å². The van der Waals surface area contributed by atoms with Gasteiger partial charge in [0.15, 0.2) is 0 Å². The summed E-state index contributed by atoms with van der Waals surface area (Å²) in [4.78, 5) is 20.8. The fourth-order valence-corrected chi connectivity index (χ4v) is 4.06. The number of para-hydroxylation sites is 1. The average molecular weight is 367 g/mol. The number of nitrogens with two attached hydrogens (primary N) is 1. The first kappa shape index (κ1) is 17.5. The summed E-state index contributed by atoms with van der Waals surface area (Å²) >= 11 is 0. The first-order valence-electron chi connectivity index (χ1n) is 9.12. The second-order valence-electron chi connectivity index (χ2n) is 7.24. The molecule has 1 aliphatic heterocycles. The number of fused-ring (bicyclic) bond motifs is 1. The Morgan fingerprint density at radius 1 is 1.37 bits per heavy atom. The van der Waals surface area contributed by atoms with E-state index in [2.05, 4.69) is 4.98 Å². The van der Waals surface area contributed by atoms with Crippen molar-refractivity contribution in [3.8, 4) is 0 Å². The number of hydrogen-bond donors (Lipinski definition) is 2. The fourth-order valence-electron chi connectivity index (χ4n) is 4.06. The number of amides is 2. The van der Waals surface area contributed by atoms with E-state index in [9.17, 15) is 9.18 Å². The van der Waals surface area contributed by atoms with Crippen LogP contribution in [0, 0.1) is 18.2 Å². The molecule has 140 valence electrons. The van der Waals surface area contributed by atoms with Crippen LogP contribution in [0.15, 0.2) is 30.5 Å². The van der Waals surface area contributed by atoms with E-state index in [1.807, 2.05) is 0 Å². The number of aryl methyl sites for hydroxylation is 1. The van der Waals surface area contributed by atoms with Gasteiger partial charge in [0.05, 0.1) is 17.9 Å². The van der Waals surface area contributed by atoms with Gasteiger partial charge >= 0.3 is 6.03 Å². The maximum atomic E-state index is 14.6. The van der Waals surface area contributed by atoms with Crippen LogP contribution in [0.25, 0.3) is 0 Å². The third-order valence-electron chi connectivity index (χ3n) is 5.33. The number of hydrogen-bond acceptors (Lipinski definition) is 4. The lowest BCUT2D eigenvalue weighted by atomic mass is 9.91. The van der Waals surface area contributed by atoms with E-state index in [1.54, 1.807) is 36.2 Å². The van der Waals surface area contributed by atoms with Gasteiger partial charge in [0, 0.05) is 36.0 Å². The second-order valence-corrected chi connectivity index (χ2v) is 7.24. The Bertz CT molecular complexity index is 908. The number of nitrogens with zero attached hydrogens (tertiary/aromatic N) is 3. The van der Waals surface area contributed by atoms with E-state index in [-0.39, 0.29) is 18.6 Å². The summed E-state index contributed by atoms with van der Waals surface area (Å²) in [5.41, 5.74) is 9.05. The molecule has 0 unspecified atom stereocenters. The Balaban J connectivity index is 1.83. The molecule has 3 N–H and O–H groups in total. The Kier molecular flexibility index (Phi) is 4.30. The normalized spacial score (nSPS) is 20.0. The molecule has 2 amide bonds. The number of carbonyl (C=O) groups excluding carboxylic acids is 1. The van der Waals surface area contributed by atoms with Crippen LogP contribution in [0.3, 0.4) is 0 Å². The molecule has 1 atom stereocenters. The molecule has 0 radical (unpaired) electrons. The van der Waals surface area contributed by atoms with Crippen LogP contribution in [-0.2, 0) is 6.54 Å². The van der Waals surface area contributed by atoms with Crippen molar-refractivity contribution in [1.29, 1.82) is 5.41 Å². The topological polar surface area (TPSA) is 86.3 Å². The number of nitrogens with one attached hydrogen (secondary N) is 1. The molecule has 6 nitrogen and oxygen atoms in total. The van der Waals surface area contributed by atoms with E-state index in [0.29, 0.717) is 29.2 Å². The number of anilines is 3. The van der Waals surface area contributed by atoms with Gasteiger partial charge in [-0.1, -0.05) is 12.1 Å². The van der Waals surface area contributed by atoms with Crippen LogP contribution in [0.1, 0.15) is 36.8 Å². The van der Waals surface area contributed by atoms with Crippen molar-refractivity contribution in [2.45, 2.75) is 45.2 Å². The zero-order valence-corrected chi connectivity index (χ0v) is 15.2. The van der Waals surface area contributed by atoms with Crippen molar-refractivity contribution in [1.82, 2.24) is 4.98 Å². The first-order valence-corrected chi connectivity index (χ1v) is 9.12. The minimum Gasteiger partial charge on any atom is -0.384 e. The van der Waals surface area contributed by atoms with Crippen LogP contribution in [0.2, 0.25) is 0 Å². The molecular weight excluding hydrogens is 345 g/mol. The van der Waals surface area contributed by atoms with Crippen LogP contribution in [-0.4, -0.2) is 22.8 Å². The van der Waals surface area contributed by atoms with Gasteiger partial charge in [0.1, 0.15) is 11.6 Å². The minimum atomic E-state index is -0.424. The largest absolute Gasteiger partial charge is 0.384 e. The molecular formula is C20H22FN5O. The molecule has 0 spiro atoms. The van der Waals surface area contributed by atoms with Gasteiger partial charge in [-0.15, -0.1) is 0 Å². The van der Waals surface area contributed by atoms with E-state index >= 15 is 0 Å². The summed E-state index contributed by atoms with van der Waals surface area (Å²) in [6.07, 6.45) is 4.61. The highest BCUT2D eigenvalue weighted by atomic mass is 19.1. The molecule has 0 bridgehead atoms. The lowest BCUT2D eigenvalue weighted by molar-refractivity contribution is 0.246. The lowest BCUT2D eigenvalue weighted by Crippen LogP contribution is -2.53. The molecule has 27 heavy (non-hydrogen) atoms. The second kappa shape index (κ2) is 6.64. The van der Waals surface area contributed by atoms with Crippen LogP contribution >= 0.6 is 0 Å². The van der Waals surface area contributed by atoms with Gasteiger partial charge in [-0.3, -0.25) is 9.80 Å². The molecule has 1 aromatic carbocycles. The van der Waals surface area contributed by atoms with Gasteiger partial charge in [0.2, 0.25) is 0 Å². The number of carbonyl (C=O) groups is 1. The van der Waals surface area contributed by atoms with E-state index in [1.165, 1.54) is 11.0 Å². The summed E-state index contributed by atoms with van der Waals surface area (Å²) in [5.74, 6) is -0.0838. The fraction of sp³-hybridized carbons (Fsp3) is 0.350. The summed E-state index contributed by atoms with van der Waals surface area (Å²) in [7, 11) is 0. The van der Waals surface area contributed by atoms with Gasteiger partial charge in [-0.05, 0) is 37.8 Å². The van der Waals surface area contributed by atoms with Gasteiger partial charge in [-0.25, -0.2) is 14.2 Å². The number of pyridine rings is 1. The summed E-state index contributed by atoms with van der Waals surface area (Å²) < 4.78 is 14.6. The number of benzene rings is 1. The van der Waals surface area contributed by atoms with Gasteiger partial charge in [0.25, 0.3) is 0 Å². The quantitative estimate of drug-likeness (QED) is 0.840. The lowest BCUT2D eigenvalue weighted by Gasteiger charge is -2.42. The van der Waals surface area contributed by atoms with Crippen LogP contribution in [0.5, 0.6) is 0 Å².